The molecule has 0 heterocycles. The maximum Gasteiger partial charge on any atom is 0.310 e. The van der Waals surface area contributed by atoms with Crippen molar-refractivity contribution in [3.8, 4) is 0 Å². The number of carboxylic acid groups (broad SMARTS) is 1. The third-order valence-electron chi connectivity index (χ3n) is 2.16. The van der Waals surface area contributed by atoms with Crippen LogP contribution in [-0.4, -0.2) is 11.1 Å². The second kappa shape index (κ2) is 3.47. The fourth-order valence-electron chi connectivity index (χ4n) is 1.42. The molecule has 0 bridgehead atoms. The minimum Gasteiger partial charge on any atom is -0.481 e. The molecule has 0 aliphatic rings. The van der Waals surface area contributed by atoms with E-state index >= 15 is 0 Å². The lowest BCUT2D eigenvalue weighted by atomic mass is 9.95. The standard InChI is InChI=1S/C10H13NO2/c1-6-4-3-5-8(11)9(6)7(2)10(12)13/h3-5,7H,11H2,1-2H3,(H,12,13). The predicted molar refractivity (Wildman–Crippen MR) is 51.6 cm³/mol. The van der Waals surface area contributed by atoms with E-state index in [9.17, 15) is 4.79 Å². The number of carbonyl (C=O) groups is 1. The highest BCUT2D eigenvalue weighted by molar-refractivity contribution is 5.78. The van der Waals surface area contributed by atoms with Crippen molar-refractivity contribution in [1.82, 2.24) is 0 Å². The number of hydrogen-bond donors (Lipinski definition) is 2. The number of aliphatic carboxylic acids is 1. The van der Waals surface area contributed by atoms with Crippen LogP contribution in [0.4, 0.5) is 5.69 Å². The molecule has 0 fully saturated rings. The summed E-state index contributed by atoms with van der Waals surface area (Å²) in [5.41, 5.74) is 7.89. The van der Waals surface area contributed by atoms with Crippen LogP contribution in [0.2, 0.25) is 0 Å². The van der Waals surface area contributed by atoms with Crippen LogP contribution in [0.5, 0.6) is 0 Å². The second-order valence-electron chi connectivity index (χ2n) is 3.14. The van der Waals surface area contributed by atoms with Gasteiger partial charge in [-0.3, -0.25) is 4.79 Å². The minimum atomic E-state index is -0.846. The number of hydrogen-bond acceptors (Lipinski definition) is 2. The lowest BCUT2D eigenvalue weighted by Crippen LogP contribution is -2.11. The summed E-state index contributed by atoms with van der Waals surface area (Å²) in [7, 11) is 0. The first-order chi connectivity index (χ1) is 6.04. The van der Waals surface area contributed by atoms with Gasteiger partial charge >= 0.3 is 5.97 Å². The third-order valence-corrected chi connectivity index (χ3v) is 2.16. The Labute approximate surface area is 77.2 Å². The summed E-state index contributed by atoms with van der Waals surface area (Å²) in [6, 6.07) is 5.41. The molecule has 1 aromatic rings. The lowest BCUT2D eigenvalue weighted by Gasteiger charge is -2.12. The zero-order chi connectivity index (χ0) is 10.0. The molecule has 3 N–H and O–H groups in total. The number of nitrogens with two attached hydrogens (primary N) is 1. The second-order valence-corrected chi connectivity index (χ2v) is 3.14. The van der Waals surface area contributed by atoms with Crippen LogP contribution >= 0.6 is 0 Å². The molecule has 0 amide bonds. The molecule has 1 aromatic carbocycles. The van der Waals surface area contributed by atoms with Crippen LogP contribution < -0.4 is 5.73 Å². The maximum atomic E-state index is 10.7. The predicted octanol–water partition coefficient (Wildman–Crippen LogP) is 1.77. The SMILES string of the molecule is Cc1cccc(N)c1C(C)C(=O)O. The molecule has 0 aromatic heterocycles. The first-order valence-corrected chi connectivity index (χ1v) is 4.12. The summed E-state index contributed by atoms with van der Waals surface area (Å²) in [6.45, 7) is 3.51. The van der Waals surface area contributed by atoms with Gasteiger partial charge in [0.1, 0.15) is 0 Å². The average molecular weight is 179 g/mol. The molecule has 0 aliphatic carbocycles. The van der Waals surface area contributed by atoms with E-state index in [0.29, 0.717) is 5.69 Å². The van der Waals surface area contributed by atoms with Gasteiger partial charge in [-0.1, -0.05) is 12.1 Å². The zero-order valence-corrected chi connectivity index (χ0v) is 7.74. The summed E-state index contributed by atoms with van der Waals surface area (Å²) < 4.78 is 0. The molecule has 3 nitrogen and oxygen atoms in total. The molecule has 0 saturated heterocycles. The molecule has 0 spiro atoms. The number of rotatable bonds is 2. The van der Waals surface area contributed by atoms with Gasteiger partial charge in [0.15, 0.2) is 0 Å². The highest BCUT2D eigenvalue weighted by atomic mass is 16.4. The number of anilines is 1. The zero-order valence-electron chi connectivity index (χ0n) is 7.74. The Hall–Kier alpha value is -1.51. The van der Waals surface area contributed by atoms with Gasteiger partial charge in [0.2, 0.25) is 0 Å². The molecule has 13 heavy (non-hydrogen) atoms. The van der Waals surface area contributed by atoms with Crippen molar-refractivity contribution in [2.45, 2.75) is 19.8 Å². The van der Waals surface area contributed by atoms with E-state index < -0.39 is 11.9 Å². The Morgan fingerprint density at radius 2 is 2.15 bits per heavy atom. The maximum absolute atomic E-state index is 10.7. The van der Waals surface area contributed by atoms with Gasteiger partial charge in [0, 0.05) is 5.69 Å². The topological polar surface area (TPSA) is 63.3 Å². The largest absolute Gasteiger partial charge is 0.481 e. The van der Waals surface area contributed by atoms with Crippen molar-refractivity contribution in [3.63, 3.8) is 0 Å². The van der Waals surface area contributed by atoms with Crippen LogP contribution in [0.3, 0.4) is 0 Å². The molecule has 70 valence electrons. The molecule has 1 rings (SSSR count). The summed E-state index contributed by atoms with van der Waals surface area (Å²) in [5, 5.41) is 8.83. The van der Waals surface area contributed by atoms with Crippen molar-refractivity contribution in [3.05, 3.63) is 29.3 Å². The number of aryl methyl sites for hydroxylation is 1. The summed E-state index contributed by atoms with van der Waals surface area (Å²) in [6.07, 6.45) is 0. The number of carboxylic acids is 1. The van der Waals surface area contributed by atoms with E-state index in [1.54, 1.807) is 13.0 Å². The van der Waals surface area contributed by atoms with Gasteiger partial charge in [0.25, 0.3) is 0 Å². The average Bonchev–Trinajstić information content (AvgIpc) is 2.03. The Morgan fingerprint density at radius 3 is 2.62 bits per heavy atom. The van der Waals surface area contributed by atoms with Crippen LogP contribution in [0, 0.1) is 6.92 Å². The molecule has 3 heteroatoms. The first kappa shape index (κ1) is 9.58. The summed E-state index contributed by atoms with van der Waals surface area (Å²) in [4.78, 5) is 10.7. The Morgan fingerprint density at radius 1 is 1.54 bits per heavy atom. The Balaban J connectivity index is 3.20. The van der Waals surface area contributed by atoms with Crippen LogP contribution in [0.15, 0.2) is 18.2 Å². The Kier molecular flexibility index (Phi) is 2.56. The molecule has 1 atom stereocenters. The molecular formula is C10H13NO2. The first-order valence-electron chi connectivity index (χ1n) is 4.12. The smallest absolute Gasteiger partial charge is 0.310 e. The number of nitrogen functional groups attached to an aromatic ring is 1. The van der Waals surface area contributed by atoms with Gasteiger partial charge in [-0.2, -0.15) is 0 Å². The quantitative estimate of drug-likeness (QED) is 0.680. The van der Waals surface area contributed by atoms with Gasteiger partial charge in [-0.15, -0.1) is 0 Å². The molecular weight excluding hydrogens is 166 g/mol. The van der Waals surface area contributed by atoms with E-state index in [-0.39, 0.29) is 0 Å². The molecule has 0 saturated carbocycles. The van der Waals surface area contributed by atoms with Gasteiger partial charge in [0.05, 0.1) is 5.92 Å². The van der Waals surface area contributed by atoms with E-state index in [1.807, 2.05) is 19.1 Å². The molecule has 1 unspecified atom stereocenters. The lowest BCUT2D eigenvalue weighted by molar-refractivity contribution is -0.138. The summed E-state index contributed by atoms with van der Waals surface area (Å²) >= 11 is 0. The van der Waals surface area contributed by atoms with E-state index in [4.69, 9.17) is 10.8 Å². The van der Waals surface area contributed by atoms with Gasteiger partial charge < -0.3 is 10.8 Å². The van der Waals surface area contributed by atoms with Gasteiger partial charge in [-0.25, -0.2) is 0 Å². The van der Waals surface area contributed by atoms with Gasteiger partial charge in [-0.05, 0) is 31.0 Å². The fraction of sp³-hybridized carbons (Fsp3) is 0.300. The van der Waals surface area contributed by atoms with Crippen LogP contribution in [-0.2, 0) is 4.79 Å². The van der Waals surface area contributed by atoms with Crippen molar-refractivity contribution in [1.29, 1.82) is 0 Å². The summed E-state index contributed by atoms with van der Waals surface area (Å²) in [5.74, 6) is -1.39. The fourth-order valence-corrected chi connectivity index (χ4v) is 1.42. The highest BCUT2D eigenvalue weighted by Crippen LogP contribution is 2.25. The van der Waals surface area contributed by atoms with Crippen LogP contribution in [0.1, 0.15) is 24.0 Å². The van der Waals surface area contributed by atoms with Crippen molar-refractivity contribution in [2.75, 3.05) is 5.73 Å². The Bertz CT molecular complexity index is 313. The van der Waals surface area contributed by atoms with E-state index in [2.05, 4.69) is 0 Å². The number of benzene rings is 1. The van der Waals surface area contributed by atoms with E-state index in [1.165, 1.54) is 0 Å². The normalized spacial score (nSPS) is 12.5. The monoisotopic (exact) mass is 179 g/mol. The molecule has 0 radical (unpaired) electrons. The van der Waals surface area contributed by atoms with Crippen LogP contribution in [0.25, 0.3) is 0 Å². The van der Waals surface area contributed by atoms with Crippen molar-refractivity contribution in [2.24, 2.45) is 0 Å². The molecule has 0 aliphatic heterocycles. The highest BCUT2D eigenvalue weighted by Gasteiger charge is 2.17. The third kappa shape index (κ3) is 1.80. The minimum absolute atomic E-state index is 0.541. The van der Waals surface area contributed by atoms with Crippen molar-refractivity contribution >= 4 is 11.7 Å². The van der Waals surface area contributed by atoms with E-state index in [0.717, 1.165) is 11.1 Å². The van der Waals surface area contributed by atoms with Crippen molar-refractivity contribution < 1.29 is 9.90 Å².